The third-order valence-electron chi connectivity index (χ3n) is 4.01. The van der Waals surface area contributed by atoms with E-state index in [1.165, 1.54) is 11.0 Å². The number of likely N-dealkylation sites (tertiary alicyclic amines) is 1. The molecule has 0 radical (unpaired) electrons. The lowest BCUT2D eigenvalue weighted by molar-refractivity contribution is -0.184. The third kappa shape index (κ3) is 3.56. The van der Waals surface area contributed by atoms with E-state index >= 15 is 0 Å². The van der Waals surface area contributed by atoms with Gasteiger partial charge in [-0.3, -0.25) is 4.79 Å². The van der Waals surface area contributed by atoms with Crippen LogP contribution in [0.3, 0.4) is 0 Å². The van der Waals surface area contributed by atoms with Crippen LogP contribution in [0.4, 0.5) is 13.2 Å². The number of alkyl halides is 3. The fourth-order valence-corrected chi connectivity index (χ4v) is 2.93. The van der Waals surface area contributed by atoms with Crippen molar-refractivity contribution >= 4 is 17.5 Å². The van der Waals surface area contributed by atoms with E-state index in [2.05, 4.69) is 5.16 Å². The van der Waals surface area contributed by atoms with Gasteiger partial charge in [0.25, 0.3) is 5.91 Å². The second kappa shape index (κ2) is 6.47. The standard InChI is InChI=1S/C16H14ClF3N2O2/c17-12-5-1-3-10(7-12)14-8-13(21-24-14)15(23)22-6-2-4-11(9-22)16(18,19)20/h1,3,5,7-8,11H,2,4,6,9H2/t11-/m1/s1. The summed E-state index contributed by atoms with van der Waals surface area (Å²) in [6.45, 7) is -0.0630. The Kier molecular flexibility index (Phi) is 4.54. The molecule has 2 aromatic rings. The molecule has 4 nitrogen and oxygen atoms in total. The van der Waals surface area contributed by atoms with Crippen LogP contribution in [0, 0.1) is 5.92 Å². The normalized spacial score (nSPS) is 18.7. The maximum Gasteiger partial charge on any atom is 0.393 e. The van der Waals surface area contributed by atoms with Crippen LogP contribution in [-0.2, 0) is 0 Å². The predicted octanol–water partition coefficient (Wildman–Crippen LogP) is 4.41. The molecule has 128 valence electrons. The molecule has 1 atom stereocenters. The molecule has 3 rings (SSSR count). The van der Waals surface area contributed by atoms with Gasteiger partial charge < -0.3 is 9.42 Å². The molecule has 1 amide bonds. The van der Waals surface area contributed by atoms with Crippen LogP contribution in [0.5, 0.6) is 0 Å². The summed E-state index contributed by atoms with van der Waals surface area (Å²) < 4.78 is 43.7. The Morgan fingerprint density at radius 2 is 2.12 bits per heavy atom. The summed E-state index contributed by atoms with van der Waals surface area (Å²) in [5, 5.41) is 4.19. The van der Waals surface area contributed by atoms with E-state index in [-0.39, 0.29) is 25.2 Å². The van der Waals surface area contributed by atoms with Crippen LogP contribution in [0.25, 0.3) is 11.3 Å². The van der Waals surface area contributed by atoms with Crippen LogP contribution >= 0.6 is 11.6 Å². The third-order valence-corrected chi connectivity index (χ3v) is 4.25. The van der Waals surface area contributed by atoms with Crippen molar-refractivity contribution in [1.29, 1.82) is 0 Å². The average molecular weight is 359 g/mol. The topological polar surface area (TPSA) is 46.3 Å². The minimum atomic E-state index is -4.30. The molecule has 1 aromatic heterocycles. The number of piperidine rings is 1. The fraction of sp³-hybridized carbons (Fsp3) is 0.375. The van der Waals surface area contributed by atoms with Crippen molar-refractivity contribution in [2.75, 3.05) is 13.1 Å². The zero-order chi connectivity index (χ0) is 17.3. The van der Waals surface area contributed by atoms with E-state index in [0.717, 1.165) is 0 Å². The van der Waals surface area contributed by atoms with Crippen LogP contribution in [-0.4, -0.2) is 35.2 Å². The van der Waals surface area contributed by atoms with Gasteiger partial charge in [-0.15, -0.1) is 0 Å². The summed E-state index contributed by atoms with van der Waals surface area (Å²) in [5.41, 5.74) is 0.633. The van der Waals surface area contributed by atoms with E-state index in [1.807, 2.05) is 0 Å². The molecular formula is C16H14ClF3N2O2. The molecule has 0 unspecified atom stereocenters. The van der Waals surface area contributed by atoms with Gasteiger partial charge >= 0.3 is 6.18 Å². The van der Waals surface area contributed by atoms with Gasteiger partial charge in [-0.2, -0.15) is 13.2 Å². The SMILES string of the molecule is O=C(c1cc(-c2cccc(Cl)c2)on1)N1CCC[C@@H](C(F)(F)F)C1. The molecule has 24 heavy (non-hydrogen) atoms. The molecule has 1 aliphatic rings. The van der Waals surface area contributed by atoms with Gasteiger partial charge in [0.2, 0.25) is 0 Å². The highest BCUT2D eigenvalue weighted by Gasteiger charge is 2.43. The van der Waals surface area contributed by atoms with Crippen molar-refractivity contribution in [3.8, 4) is 11.3 Å². The number of carbonyl (C=O) groups excluding carboxylic acids is 1. The lowest BCUT2D eigenvalue weighted by Gasteiger charge is -2.33. The number of aromatic nitrogens is 1. The minimum Gasteiger partial charge on any atom is -0.355 e. The number of amides is 1. The Hall–Kier alpha value is -2.02. The van der Waals surface area contributed by atoms with Gasteiger partial charge in [0.05, 0.1) is 5.92 Å². The number of nitrogens with zero attached hydrogens (tertiary/aromatic N) is 2. The monoisotopic (exact) mass is 358 g/mol. The maximum absolute atomic E-state index is 12.9. The molecule has 2 heterocycles. The smallest absolute Gasteiger partial charge is 0.355 e. The average Bonchev–Trinajstić information content (AvgIpc) is 3.03. The molecule has 0 saturated carbocycles. The van der Waals surface area contributed by atoms with Crippen molar-refractivity contribution in [2.24, 2.45) is 5.92 Å². The second-order valence-corrected chi connectivity index (χ2v) is 6.16. The van der Waals surface area contributed by atoms with Gasteiger partial charge in [0, 0.05) is 29.7 Å². The first-order valence-corrected chi connectivity index (χ1v) is 7.81. The molecule has 0 aliphatic carbocycles. The van der Waals surface area contributed by atoms with Gasteiger partial charge in [0.1, 0.15) is 0 Å². The lowest BCUT2D eigenvalue weighted by atomic mass is 9.97. The number of rotatable bonds is 2. The van der Waals surface area contributed by atoms with Crippen molar-refractivity contribution in [3.05, 3.63) is 41.0 Å². The minimum absolute atomic E-state index is 0.00667. The zero-order valence-corrected chi connectivity index (χ0v) is 13.3. The Labute approximate surface area is 141 Å². The zero-order valence-electron chi connectivity index (χ0n) is 12.5. The van der Waals surface area contributed by atoms with Crippen molar-refractivity contribution in [2.45, 2.75) is 19.0 Å². The van der Waals surface area contributed by atoms with Gasteiger partial charge in [-0.25, -0.2) is 0 Å². The van der Waals surface area contributed by atoms with Gasteiger partial charge in [-0.1, -0.05) is 28.9 Å². The first-order valence-electron chi connectivity index (χ1n) is 7.43. The first kappa shape index (κ1) is 16.8. The Morgan fingerprint density at radius 1 is 1.33 bits per heavy atom. The summed E-state index contributed by atoms with van der Waals surface area (Å²) in [6, 6.07) is 8.22. The van der Waals surface area contributed by atoms with Crippen LogP contribution in [0.2, 0.25) is 5.02 Å². The molecule has 1 saturated heterocycles. The number of halogens is 4. The molecule has 0 bridgehead atoms. The Balaban J connectivity index is 1.76. The van der Waals surface area contributed by atoms with E-state index in [4.69, 9.17) is 16.1 Å². The van der Waals surface area contributed by atoms with Gasteiger partial charge in [0.15, 0.2) is 11.5 Å². The van der Waals surface area contributed by atoms with Crippen molar-refractivity contribution in [1.82, 2.24) is 10.1 Å². The highest BCUT2D eigenvalue weighted by Crippen LogP contribution is 2.33. The highest BCUT2D eigenvalue weighted by atomic mass is 35.5. The summed E-state index contributed by atoms with van der Waals surface area (Å²) in [4.78, 5) is 13.6. The molecular weight excluding hydrogens is 345 g/mol. The quantitative estimate of drug-likeness (QED) is 0.799. The number of benzene rings is 1. The van der Waals surface area contributed by atoms with Gasteiger partial charge in [-0.05, 0) is 25.0 Å². The molecule has 1 fully saturated rings. The van der Waals surface area contributed by atoms with Crippen molar-refractivity contribution in [3.63, 3.8) is 0 Å². The molecule has 8 heteroatoms. The van der Waals surface area contributed by atoms with Crippen LogP contribution in [0.1, 0.15) is 23.3 Å². The Morgan fingerprint density at radius 3 is 2.83 bits per heavy atom. The van der Waals surface area contributed by atoms with Crippen molar-refractivity contribution < 1.29 is 22.5 Å². The molecule has 0 N–H and O–H groups in total. The van der Waals surface area contributed by atoms with Crippen LogP contribution < -0.4 is 0 Å². The largest absolute Gasteiger partial charge is 0.393 e. The van der Waals surface area contributed by atoms with Crippen LogP contribution in [0.15, 0.2) is 34.9 Å². The summed E-state index contributed by atoms with van der Waals surface area (Å²) in [5.74, 6) is -1.71. The first-order chi connectivity index (χ1) is 11.3. The fourth-order valence-electron chi connectivity index (χ4n) is 2.74. The Bertz CT molecular complexity index is 745. The van der Waals surface area contributed by atoms with E-state index in [1.54, 1.807) is 24.3 Å². The summed E-state index contributed by atoms with van der Waals surface area (Å²) in [6.07, 6.45) is -3.94. The summed E-state index contributed by atoms with van der Waals surface area (Å²) >= 11 is 5.90. The molecule has 0 spiro atoms. The predicted molar refractivity (Wildman–Crippen MR) is 81.6 cm³/mol. The number of hydrogen-bond acceptors (Lipinski definition) is 3. The van der Waals surface area contributed by atoms with E-state index in [0.29, 0.717) is 22.8 Å². The number of carbonyl (C=O) groups is 1. The lowest BCUT2D eigenvalue weighted by Crippen LogP contribution is -2.44. The summed E-state index contributed by atoms with van der Waals surface area (Å²) in [7, 11) is 0. The molecule has 1 aromatic carbocycles. The second-order valence-electron chi connectivity index (χ2n) is 5.72. The highest BCUT2D eigenvalue weighted by molar-refractivity contribution is 6.30. The maximum atomic E-state index is 12.9. The van der Waals surface area contributed by atoms with E-state index in [9.17, 15) is 18.0 Å². The van der Waals surface area contributed by atoms with E-state index < -0.39 is 18.0 Å². The number of hydrogen-bond donors (Lipinski definition) is 0. The molecule has 1 aliphatic heterocycles.